The molecule has 0 aliphatic carbocycles. The van der Waals surface area contributed by atoms with Gasteiger partial charge in [0.25, 0.3) is 0 Å². The van der Waals surface area contributed by atoms with E-state index in [0.717, 1.165) is 12.8 Å². The molecule has 1 aliphatic rings. The minimum atomic E-state index is 0.369. The van der Waals surface area contributed by atoms with Crippen LogP contribution in [0.25, 0.3) is 0 Å². The van der Waals surface area contributed by atoms with E-state index >= 15 is 0 Å². The molecule has 2 unspecified atom stereocenters. The van der Waals surface area contributed by atoms with Gasteiger partial charge in [0.05, 0.1) is 18.3 Å². The molecule has 0 aromatic rings. The molecule has 0 spiro atoms. The Kier molecular flexibility index (Phi) is 6.39. The third-order valence-corrected chi connectivity index (χ3v) is 1.99. The number of hydrogen-bond donors (Lipinski definition) is 0. The van der Waals surface area contributed by atoms with Crippen molar-refractivity contribution in [2.45, 2.75) is 58.8 Å². The summed E-state index contributed by atoms with van der Waals surface area (Å²) in [6.07, 6.45) is 3.24. The molecule has 3 atom stereocenters. The first-order valence-electron chi connectivity index (χ1n) is 4.90. The molecule has 12 heavy (non-hydrogen) atoms. The van der Waals surface area contributed by atoms with Crippen molar-refractivity contribution in [2.24, 2.45) is 0 Å². The second kappa shape index (κ2) is 6.44. The molecule has 0 aromatic heterocycles. The average Bonchev–Trinajstić information content (AvgIpc) is 2.06. The van der Waals surface area contributed by atoms with Gasteiger partial charge in [-0.25, -0.2) is 0 Å². The van der Waals surface area contributed by atoms with Crippen LogP contribution in [0.3, 0.4) is 0 Å². The highest BCUT2D eigenvalue weighted by Gasteiger charge is 2.23. The van der Waals surface area contributed by atoms with Crippen molar-refractivity contribution < 1.29 is 9.47 Å². The zero-order valence-corrected chi connectivity index (χ0v) is 8.96. The quantitative estimate of drug-likeness (QED) is 0.608. The lowest BCUT2D eigenvalue weighted by Crippen LogP contribution is -2.33. The summed E-state index contributed by atoms with van der Waals surface area (Å²) in [7, 11) is 1.77. The number of hydrogen-bond acceptors (Lipinski definition) is 2. The van der Waals surface area contributed by atoms with Gasteiger partial charge in [-0.1, -0.05) is 13.8 Å². The highest BCUT2D eigenvalue weighted by Crippen LogP contribution is 2.20. The van der Waals surface area contributed by atoms with E-state index in [4.69, 9.17) is 9.47 Å². The highest BCUT2D eigenvalue weighted by atomic mass is 16.5. The van der Waals surface area contributed by atoms with Crippen LogP contribution in [0.1, 0.15) is 40.5 Å². The van der Waals surface area contributed by atoms with Crippen LogP contribution in [-0.4, -0.2) is 25.4 Å². The van der Waals surface area contributed by atoms with E-state index in [0.29, 0.717) is 18.3 Å². The van der Waals surface area contributed by atoms with Crippen LogP contribution in [0.15, 0.2) is 0 Å². The van der Waals surface area contributed by atoms with E-state index in [1.54, 1.807) is 7.11 Å². The predicted octanol–water partition coefficient (Wildman–Crippen LogP) is 2.62. The Hall–Kier alpha value is -0.0800. The molecular weight excluding hydrogens is 152 g/mol. The summed E-state index contributed by atoms with van der Waals surface area (Å²) in [4.78, 5) is 0. The Morgan fingerprint density at radius 3 is 1.83 bits per heavy atom. The van der Waals surface area contributed by atoms with Crippen molar-refractivity contribution >= 4 is 0 Å². The monoisotopic (exact) mass is 174 g/mol. The van der Waals surface area contributed by atoms with Gasteiger partial charge in [0, 0.05) is 7.11 Å². The van der Waals surface area contributed by atoms with Gasteiger partial charge in [0.1, 0.15) is 0 Å². The molecule has 0 saturated carbocycles. The Morgan fingerprint density at radius 2 is 1.50 bits per heavy atom. The van der Waals surface area contributed by atoms with Gasteiger partial charge >= 0.3 is 0 Å². The molecular formula is C10H22O2. The minimum absolute atomic E-state index is 0.369. The summed E-state index contributed by atoms with van der Waals surface area (Å²) in [5.74, 6) is 0. The van der Waals surface area contributed by atoms with Crippen molar-refractivity contribution in [3.63, 3.8) is 0 Å². The molecule has 1 aliphatic heterocycles. The van der Waals surface area contributed by atoms with Crippen molar-refractivity contribution in [1.29, 1.82) is 0 Å². The highest BCUT2D eigenvalue weighted by molar-refractivity contribution is 4.72. The Balaban J connectivity index is 0.000000561. The lowest BCUT2D eigenvalue weighted by Gasteiger charge is -2.30. The van der Waals surface area contributed by atoms with Gasteiger partial charge in [-0.05, 0) is 26.7 Å². The predicted molar refractivity (Wildman–Crippen MR) is 51.4 cm³/mol. The molecule has 0 N–H and O–H groups in total. The van der Waals surface area contributed by atoms with Crippen molar-refractivity contribution in [3.05, 3.63) is 0 Å². The lowest BCUT2D eigenvalue weighted by atomic mass is 10.0. The van der Waals surface area contributed by atoms with Gasteiger partial charge in [-0.2, -0.15) is 0 Å². The maximum atomic E-state index is 5.54. The molecule has 0 bridgehead atoms. The fourth-order valence-corrected chi connectivity index (χ4v) is 1.54. The van der Waals surface area contributed by atoms with Gasteiger partial charge < -0.3 is 9.47 Å². The second-order valence-corrected chi connectivity index (χ2v) is 3.09. The van der Waals surface area contributed by atoms with Crippen LogP contribution in [0.5, 0.6) is 0 Å². The van der Waals surface area contributed by atoms with Crippen LogP contribution in [0.2, 0.25) is 0 Å². The summed E-state index contributed by atoms with van der Waals surface area (Å²) < 4.78 is 10.8. The zero-order valence-electron chi connectivity index (χ0n) is 8.96. The molecule has 1 rings (SSSR count). The lowest BCUT2D eigenvalue weighted by molar-refractivity contribution is -0.0907. The third kappa shape index (κ3) is 4.07. The van der Waals surface area contributed by atoms with Crippen molar-refractivity contribution in [2.75, 3.05) is 7.11 Å². The topological polar surface area (TPSA) is 18.5 Å². The number of ether oxygens (including phenoxy) is 2. The maximum Gasteiger partial charge on any atom is 0.0620 e. The minimum Gasteiger partial charge on any atom is -0.381 e. The molecule has 74 valence electrons. The first-order valence-corrected chi connectivity index (χ1v) is 4.90. The standard InChI is InChI=1S/C8H16O2.C2H6/c1-6-4-8(9-3)5-7(2)10-6;1-2/h6-8H,4-5H2,1-3H3;1-2H3/t6-,7?,8?;/m0./s1. The normalized spacial score (nSPS) is 35.2. The van der Waals surface area contributed by atoms with Crippen LogP contribution in [0.4, 0.5) is 0 Å². The van der Waals surface area contributed by atoms with Gasteiger partial charge in [-0.3, -0.25) is 0 Å². The number of rotatable bonds is 1. The van der Waals surface area contributed by atoms with E-state index in [1.165, 1.54) is 0 Å². The summed E-state index contributed by atoms with van der Waals surface area (Å²) in [5.41, 5.74) is 0. The molecule has 2 nitrogen and oxygen atoms in total. The fourth-order valence-electron chi connectivity index (χ4n) is 1.54. The summed E-state index contributed by atoms with van der Waals surface area (Å²) in [6, 6.07) is 0. The van der Waals surface area contributed by atoms with E-state index in [1.807, 2.05) is 13.8 Å². The zero-order chi connectivity index (χ0) is 9.56. The molecule has 0 radical (unpaired) electrons. The van der Waals surface area contributed by atoms with Crippen molar-refractivity contribution in [3.8, 4) is 0 Å². The van der Waals surface area contributed by atoms with Crippen LogP contribution >= 0.6 is 0 Å². The second-order valence-electron chi connectivity index (χ2n) is 3.09. The van der Waals surface area contributed by atoms with E-state index in [2.05, 4.69) is 13.8 Å². The Labute approximate surface area is 76.3 Å². The summed E-state index contributed by atoms with van der Waals surface area (Å²) in [6.45, 7) is 8.20. The first-order chi connectivity index (χ1) is 5.72. The molecule has 0 aromatic carbocycles. The Bertz CT molecular complexity index is 94.0. The van der Waals surface area contributed by atoms with Gasteiger partial charge in [0.15, 0.2) is 0 Å². The smallest absolute Gasteiger partial charge is 0.0620 e. The van der Waals surface area contributed by atoms with E-state index < -0.39 is 0 Å². The van der Waals surface area contributed by atoms with E-state index in [-0.39, 0.29) is 0 Å². The largest absolute Gasteiger partial charge is 0.381 e. The van der Waals surface area contributed by atoms with Gasteiger partial charge in [0.2, 0.25) is 0 Å². The summed E-state index contributed by atoms with van der Waals surface area (Å²) in [5, 5.41) is 0. The molecule has 1 heterocycles. The van der Waals surface area contributed by atoms with E-state index in [9.17, 15) is 0 Å². The molecule has 1 saturated heterocycles. The summed E-state index contributed by atoms with van der Waals surface area (Å²) >= 11 is 0. The molecule has 1 fully saturated rings. The van der Waals surface area contributed by atoms with Crippen LogP contribution in [0, 0.1) is 0 Å². The number of methoxy groups -OCH3 is 1. The molecule has 0 amide bonds. The molecule has 2 heteroatoms. The van der Waals surface area contributed by atoms with Gasteiger partial charge in [-0.15, -0.1) is 0 Å². The van der Waals surface area contributed by atoms with Crippen molar-refractivity contribution in [1.82, 2.24) is 0 Å². The van der Waals surface area contributed by atoms with Crippen LogP contribution in [-0.2, 0) is 9.47 Å². The fraction of sp³-hybridized carbons (Fsp3) is 1.00. The van der Waals surface area contributed by atoms with Crippen LogP contribution < -0.4 is 0 Å². The first kappa shape index (κ1) is 11.9. The Morgan fingerprint density at radius 1 is 1.08 bits per heavy atom. The SMILES string of the molecule is CC.COC1CC(C)O[C@@H](C)C1. The average molecular weight is 174 g/mol. The third-order valence-electron chi connectivity index (χ3n) is 1.99. The maximum absolute atomic E-state index is 5.54.